The minimum absolute atomic E-state index is 0.233. The summed E-state index contributed by atoms with van der Waals surface area (Å²) in [6.45, 7) is 2.11. The molecule has 0 spiro atoms. The van der Waals surface area contributed by atoms with Crippen molar-refractivity contribution in [3.63, 3.8) is 0 Å². The van der Waals surface area contributed by atoms with Crippen molar-refractivity contribution in [2.24, 2.45) is 5.73 Å². The van der Waals surface area contributed by atoms with Crippen LogP contribution in [0.2, 0.25) is 0 Å². The van der Waals surface area contributed by atoms with Crippen LogP contribution in [0, 0.1) is 6.92 Å². The Bertz CT molecular complexity index is 434. The second-order valence-electron chi connectivity index (χ2n) is 4.46. The SMILES string of the molecule is Cc1ccc(CCC(N)Cc2cncs2)cc1. The van der Waals surface area contributed by atoms with Gasteiger partial charge in [0.2, 0.25) is 0 Å². The van der Waals surface area contributed by atoms with E-state index in [1.165, 1.54) is 16.0 Å². The molecule has 0 bridgehead atoms. The highest BCUT2D eigenvalue weighted by atomic mass is 32.1. The van der Waals surface area contributed by atoms with Gasteiger partial charge in [-0.05, 0) is 31.7 Å². The molecular weight excluding hydrogens is 228 g/mol. The second-order valence-corrected chi connectivity index (χ2v) is 5.43. The van der Waals surface area contributed by atoms with Crippen LogP contribution in [0.3, 0.4) is 0 Å². The van der Waals surface area contributed by atoms with Gasteiger partial charge < -0.3 is 5.73 Å². The molecule has 0 fully saturated rings. The summed E-state index contributed by atoms with van der Waals surface area (Å²) in [5.74, 6) is 0. The number of nitrogens with two attached hydrogens (primary N) is 1. The Morgan fingerprint density at radius 1 is 1.29 bits per heavy atom. The molecule has 17 heavy (non-hydrogen) atoms. The molecule has 2 N–H and O–H groups in total. The maximum atomic E-state index is 6.12. The first-order valence-corrected chi connectivity index (χ1v) is 6.80. The summed E-state index contributed by atoms with van der Waals surface area (Å²) in [5.41, 5.74) is 10.7. The number of aromatic nitrogens is 1. The van der Waals surface area contributed by atoms with E-state index in [0.29, 0.717) is 0 Å². The average molecular weight is 246 g/mol. The van der Waals surface area contributed by atoms with Crippen LogP contribution in [-0.4, -0.2) is 11.0 Å². The molecule has 0 saturated carbocycles. The van der Waals surface area contributed by atoms with Crippen LogP contribution in [0.1, 0.15) is 22.4 Å². The lowest BCUT2D eigenvalue weighted by Gasteiger charge is -2.10. The van der Waals surface area contributed by atoms with E-state index in [0.717, 1.165) is 19.3 Å². The topological polar surface area (TPSA) is 38.9 Å². The van der Waals surface area contributed by atoms with Crippen LogP contribution in [0.4, 0.5) is 0 Å². The minimum Gasteiger partial charge on any atom is -0.327 e. The zero-order valence-corrected chi connectivity index (χ0v) is 10.9. The number of hydrogen-bond acceptors (Lipinski definition) is 3. The molecule has 1 aromatic carbocycles. The summed E-state index contributed by atoms with van der Waals surface area (Å²) in [7, 11) is 0. The molecule has 0 saturated heterocycles. The molecule has 0 amide bonds. The Kier molecular flexibility index (Phi) is 4.29. The fraction of sp³-hybridized carbons (Fsp3) is 0.357. The van der Waals surface area contributed by atoms with Crippen molar-refractivity contribution in [1.29, 1.82) is 0 Å². The zero-order valence-electron chi connectivity index (χ0n) is 10.1. The van der Waals surface area contributed by atoms with Gasteiger partial charge in [-0.25, -0.2) is 0 Å². The summed E-state index contributed by atoms with van der Waals surface area (Å²) in [6.07, 6.45) is 4.94. The maximum absolute atomic E-state index is 6.12. The number of benzene rings is 1. The second kappa shape index (κ2) is 5.94. The molecule has 0 radical (unpaired) electrons. The largest absolute Gasteiger partial charge is 0.327 e. The molecule has 1 atom stereocenters. The van der Waals surface area contributed by atoms with Crippen molar-refractivity contribution in [2.45, 2.75) is 32.2 Å². The van der Waals surface area contributed by atoms with Crippen molar-refractivity contribution in [3.8, 4) is 0 Å². The van der Waals surface area contributed by atoms with E-state index in [1.807, 2.05) is 11.7 Å². The first kappa shape index (κ1) is 12.3. The number of aryl methyl sites for hydroxylation is 2. The molecular formula is C14H18N2S. The first-order chi connectivity index (χ1) is 8.24. The van der Waals surface area contributed by atoms with Gasteiger partial charge in [-0.2, -0.15) is 0 Å². The van der Waals surface area contributed by atoms with Crippen molar-refractivity contribution in [1.82, 2.24) is 4.98 Å². The van der Waals surface area contributed by atoms with Crippen LogP contribution < -0.4 is 5.73 Å². The summed E-state index contributed by atoms with van der Waals surface area (Å²) >= 11 is 1.68. The molecule has 3 heteroatoms. The highest BCUT2D eigenvalue weighted by molar-refractivity contribution is 7.09. The Balaban J connectivity index is 1.79. The molecule has 90 valence electrons. The quantitative estimate of drug-likeness (QED) is 0.881. The normalized spacial score (nSPS) is 12.6. The summed E-state index contributed by atoms with van der Waals surface area (Å²) in [5, 5.41) is 0. The molecule has 2 rings (SSSR count). The minimum atomic E-state index is 0.233. The third-order valence-corrected chi connectivity index (χ3v) is 3.67. The Morgan fingerprint density at radius 2 is 2.06 bits per heavy atom. The standard InChI is InChI=1S/C14H18N2S/c1-11-2-4-12(5-3-11)6-7-13(15)8-14-9-16-10-17-14/h2-5,9-10,13H,6-8,15H2,1H3. The Labute approximate surface area is 107 Å². The van der Waals surface area contributed by atoms with Gasteiger partial charge in [0, 0.05) is 17.1 Å². The van der Waals surface area contributed by atoms with Crippen LogP contribution in [0.25, 0.3) is 0 Å². The molecule has 1 heterocycles. The van der Waals surface area contributed by atoms with Gasteiger partial charge in [-0.3, -0.25) is 4.98 Å². The lowest BCUT2D eigenvalue weighted by molar-refractivity contribution is 0.614. The van der Waals surface area contributed by atoms with Gasteiger partial charge in [0.15, 0.2) is 0 Å². The number of thiazole rings is 1. The fourth-order valence-corrected chi connectivity index (χ4v) is 2.50. The highest BCUT2D eigenvalue weighted by Gasteiger charge is 2.05. The predicted octanol–water partition coefficient (Wildman–Crippen LogP) is 2.95. The Hall–Kier alpha value is -1.19. The smallest absolute Gasteiger partial charge is 0.0794 e. The summed E-state index contributed by atoms with van der Waals surface area (Å²) < 4.78 is 0. The van der Waals surface area contributed by atoms with Crippen molar-refractivity contribution >= 4 is 11.3 Å². The van der Waals surface area contributed by atoms with Gasteiger partial charge in [0.05, 0.1) is 5.51 Å². The molecule has 0 aliphatic rings. The lowest BCUT2D eigenvalue weighted by Crippen LogP contribution is -2.23. The van der Waals surface area contributed by atoms with Crippen LogP contribution in [0.5, 0.6) is 0 Å². The van der Waals surface area contributed by atoms with E-state index < -0.39 is 0 Å². The molecule has 0 aliphatic heterocycles. The lowest BCUT2D eigenvalue weighted by atomic mass is 10.0. The highest BCUT2D eigenvalue weighted by Crippen LogP contribution is 2.12. The van der Waals surface area contributed by atoms with Crippen LogP contribution in [-0.2, 0) is 12.8 Å². The molecule has 1 aromatic heterocycles. The molecule has 2 nitrogen and oxygen atoms in total. The monoisotopic (exact) mass is 246 g/mol. The zero-order chi connectivity index (χ0) is 12.1. The fourth-order valence-electron chi connectivity index (χ4n) is 1.81. The van der Waals surface area contributed by atoms with E-state index >= 15 is 0 Å². The average Bonchev–Trinajstić information content (AvgIpc) is 2.81. The van der Waals surface area contributed by atoms with Crippen molar-refractivity contribution < 1.29 is 0 Å². The summed E-state index contributed by atoms with van der Waals surface area (Å²) in [4.78, 5) is 5.35. The van der Waals surface area contributed by atoms with Gasteiger partial charge in [-0.15, -0.1) is 11.3 Å². The first-order valence-electron chi connectivity index (χ1n) is 5.92. The van der Waals surface area contributed by atoms with E-state index in [4.69, 9.17) is 5.73 Å². The van der Waals surface area contributed by atoms with Gasteiger partial charge in [0.25, 0.3) is 0 Å². The van der Waals surface area contributed by atoms with Gasteiger partial charge in [0.1, 0.15) is 0 Å². The van der Waals surface area contributed by atoms with E-state index in [1.54, 1.807) is 11.3 Å². The summed E-state index contributed by atoms with van der Waals surface area (Å²) in [6, 6.07) is 8.93. The van der Waals surface area contributed by atoms with Gasteiger partial charge in [-0.1, -0.05) is 29.8 Å². The van der Waals surface area contributed by atoms with Crippen molar-refractivity contribution in [3.05, 3.63) is 52.0 Å². The van der Waals surface area contributed by atoms with E-state index in [9.17, 15) is 0 Å². The predicted molar refractivity (Wildman–Crippen MR) is 73.3 cm³/mol. The van der Waals surface area contributed by atoms with E-state index in [-0.39, 0.29) is 6.04 Å². The Morgan fingerprint density at radius 3 is 2.71 bits per heavy atom. The molecule has 1 unspecified atom stereocenters. The molecule has 2 aromatic rings. The third kappa shape index (κ3) is 3.95. The number of nitrogens with zero attached hydrogens (tertiary/aromatic N) is 1. The third-order valence-electron chi connectivity index (χ3n) is 2.87. The van der Waals surface area contributed by atoms with Crippen molar-refractivity contribution in [2.75, 3.05) is 0 Å². The number of hydrogen-bond donors (Lipinski definition) is 1. The maximum Gasteiger partial charge on any atom is 0.0794 e. The van der Waals surface area contributed by atoms with E-state index in [2.05, 4.69) is 36.2 Å². The number of rotatable bonds is 5. The molecule has 0 aliphatic carbocycles. The van der Waals surface area contributed by atoms with Gasteiger partial charge >= 0.3 is 0 Å². The van der Waals surface area contributed by atoms with Crippen LogP contribution >= 0.6 is 11.3 Å². The van der Waals surface area contributed by atoms with Crippen LogP contribution in [0.15, 0.2) is 36.0 Å².